The molecule has 0 bridgehead atoms. The van der Waals surface area contributed by atoms with Crippen LogP contribution in [0.2, 0.25) is 0 Å². The quantitative estimate of drug-likeness (QED) is 0.895. The minimum absolute atomic E-state index is 0.351. The lowest BCUT2D eigenvalue weighted by atomic mass is 10.0. The van der Waals surface area contributed by atoms with Crippen molar-refractivity contribution in [2.75, 3.05) is 29.8 Å². The Morgan fingerprint density at radius 2 is 2.05 bits per heavy atom. The third-order valence-corrected chi connectivity index (χ3v) is 5.79. The number of aryl methyl sites for hydroxylation is 1. The van der Waals surface area contributed by atoms with Gasteiger partial charge in [-0.15, -0.1) is 0 Å². The van der Waals surface area contributed by atoms with Crippen LogP contribution >= 0.6 is 0 Å². The number of nitrogens with one attached hydrogen (secondary N) is 2. The number of fused-ring (bicyclic) bond motifs is 1. The minimum atomic E-state index is -3.34. The Balaban J connectivity index is 1.83. The summed E-state index contributed by atoms with van der Waals surface area (Å²) in [5, 5.41) is 2.95. The van der Waals surface area contributed by atoms with Crippen LogP contribution in [0.1, 0.15) is 24.8 Å². The normalized spacial score (nSPS) is 20.0. The smallest absolute Gasteiger partial charge is 0.235 e. The summed E-state index contributed by atoms with van der Waals surface area (Å²) in [5.74, 6) is 0. The van der Waals surface area contributed by atoms with E-state index in [4.69, 9.17) is 4.74 Å². The van der Waals surface area contributed by atoms with Gasteiger partial charge in [0, 0.05) is 19.8 Å². The third kappa shape index (κ3) is 2.76. The number of sulfonamides is 1. The summed E-state index contributed by atoms with van der Waals surface area (Å²) in [5.41, 5.74) is 2.80. The molecule has 2 heterocycles. The molecule has 0 radical (unpaired) electrons. The molecule has 2 aliphatic rings. The molecule has 0 amide bonds. The molecule has 5 nitrogen and oxygen atoms in total. The van der Waals surface area contributed by atoms with Crippen LogP contribution in [0.3, 0.4) is 0 Å². The molecule has 0 spiro atoms. The first kappa shape index (κ1) is 13.7. The Kier molecular flexibility index (Phi) is 3.85. The summed E-state index contributed by atoms with van der Waals surface area (Å²) < 4.78 is 32.9. The van der Waals surface area contributed by atoms with Gasteiger partial charge in [-0.25, -0.2) is 8.42 Å². The molecule has 0 saturated carbocycles. The first-order chi connectivity index (χ1) is 9.67. The zero-order valence-electron chi connectivity index (χ0n) is 11.4. The first-order valence-corrected chi connectivity index (χ1v) is 8.66. The average Bonchev–Trinajstić information content (AvgIpc) is 2.48. The molecule has 0 atom stereocenters. The molecule has 2 N–H and O–H groups in total. The van der Waals surface area contributed by atoms with Crippen molar-refractivity contribution >= 4 is 21.4 Å². The maximum atomic E-state index is 12.4. The zero-order chi connectivity index (χ0) is 14.0. The molecule has 2 aliphatic heterocycles. The molecule has 1 aromatic carbocycles. The highest BCUT2D eigenvalue weighted by Crippen LogP contribution is 2.31. The largest absolute Gasteiger partial charge is 0.383 e. The second kappa shape index (κ2) is 5.61. The number of rotatable bonds is 3. The van der Waals surface area contributed by atoms with Gasteiger partial charge in [-0.3, -0.25) is 4.72 Å². The van der Waals surface area contributed by atoms with E-state index in [-0.39, 0.29) is 5.25 Å². The molecule has 1 fully saturated rings. The van der Waals surface area contributed by atoms with Crippen LogP contribution in [0, 0.1) is 0 Å². The van der Waals surface area contributed by atoms with Gasteiger partial charge in [0.05, 0.1) is 16.6 Å². The summed E-state index contributed by atoms with van der Waals surface area (Å²) in [7, 11) is -3.34. The van der Waals surface area contributed by atoms with Gasteiger partial charge in [0.1, 0.15) is 0 Å². The standard InChI is InChI=1S/C14H20N2O3S/c17-20(18,12-6-9-19-10-7-12)16-13-5-1-3-11-4-2-8-15-14(11)13/h1,3,5,12,15-16H,2,4,6-10H2. The number of benzene rings is 1. The van der Waals surface area contributed by atoms with Crippen molar-refractivity contribution in [2.45, 2.75) is 30.9 Å². The van der Waals surface area contributed by atoms with E-state index in [0.29, 0.717) is 31.7 Å². The number of hydrogen-bond donors (Lipinski definition) is 2. The maximum Gasteiger partial charge on any atom is 0.235 e. The molecule has 1 aromatic rings. The fourth-order valence-electron chi connectivity index (χ4n) is 2.82. The van der Waals surface area contributed by atoms with Crippen LogP contribution in [0.5, 0.6) is 0 Å². The third-order valence-electron chi connectivity index (χ3n) is 3.93. The van der Waals surface area contributed by atoms with E-state index < -0.39 is 10.0 Å². The van der Waals surface area contributed by atoms with Crippen LogP contribution in [0.4, 0.5) is 11.4 Å². The number of hydrogen-bond acceptors (Lipinski definition) is 4. The molecule has 110 valence electrons. The van der Waals surface area contributed by atoms with E-state index >= 15 is 0 Å². The predicted molar refractivity (Wildman–Crippen MR) is 79.6 cm³/mol. The van der Waals surface area contributed by atoms with Gasteiger partial charge in [-0.2, -0.15) is 0 Å². The topological polar surface area (TPSA) is 67.4 Å². The monoisotopic (exact) mass is 296 g/mol. The maximum absolute atomic E-state index is 12.4. The van der Waals surface area contributed by atoms with E-state index in [2.05, 4.69) is 10.0 Å². The van der Waals surface area contributed by atoms with Crippen molar-refractivity contribution in [1.29, 1.82) is 0 Å². The lowest BCUT2D eigenvalue weighted by Gasteiger charge is -2.25. The summed E-state index contributed by atoms with van der Waals surface area (Å²) in [6.45, 7) is 1.94. The summed E-state index contributed by atoms with van der Waals surface area (Å²) in [6.07, 6.45) is 3.22. The van der Waals surface area contributed by atoms with Crippen LogP contribution in [-0.2, 0) is 21.2 Å². The Morgan fingerprint density at radius 3 is 2.85 bits per heavy atom. The van der Waals surface area contributed by atoms with Gasteiger partial charge in [0.15, 0.2) is 0 Å². The van der Waals surface area contributed by atoms with Crippen molar-refractivity contribution in [3.63, 3.8) is 0 Å². The summed E-state index contributed by atoms with van der Waals surface area (Å²) in [4.78, 5) is 0. The van der Waals surface area contributed by atoms with Crippen LogP contribution in [0.25, 0.3) is 0 Å². The van der Waals surface area contributed by atoms with Crippen molar-refractivity contribution in [3.8, 4) is 0 Å². The summed E-state index contributed by atoms with van der Waals surface area (Å²) in [6, 6.07) is 5.79. The van der Waals surface area contributed by atoms with Gasteiger partial charge in [0.2, 0.25) is 10.0 Å². The van der Waals surface area contributed by atoms with Crippen molar-refractivity contribution in [3.05, 3.63) is 23.8 Å². The van der Waals surface area contributed by atoms with E-state index in [0.717, 1.165) is 25.1 Å². The molecular weight excluding hydrogens is 276 g/mol. The fraction of sp³-hybridized carbons (Fsp3) is 0.571. The van der Waals surface area contributed by atoms with E-state index in [9.17, 15) is 8.42 Å². The van der Waals surface area contributed by atoms with Crippen LogP contribution < -0.4 is 10.0 Å². The van der Waals surface area contributed by atoms with Crippen LogP contribution in [-0.4, -0.2) is 33.4 Å². The molecule has 0 aliphatic carbocycles. The van der Waals surface area contributed by atoms with Gasteiger partial charge in [-0.05, 0) is 37.3 Å². The molecule has 1 saturated heterocycles. The SMILES string of the molecule is O=S(=O)(Nc1cccc2c1NCCC2)C1CCOCC1. The molecular formula is C14H20N2O3S. The van der Waals surface area contributed by atoms with Gasteiger partial charge in [-0.1, -0.05) is 12.1 Å². The first-order valence-electron chi connectivity index (χ1n) is 7.12. The van der Waals surface area contributed by atoms with Gasteiger partial charge < -0.3 is 10.1 Å². The lowest BCUT2D eigenvalue weighted by molar-refractivity contribution is 0.0984. The Morgan fingerprint density at radius 1 is 1.25 bits per heavy atom. The highest BCUT2D eigenvalue weighted by molar-refractivity contribution is 7.93. The minimum Gasteiger partial charge on any atom is -0.383 e. The van der Waals surface area contributed by atoms with E-state index in [1.165, 1.54) is 5.56 Å². The molecule has 6 heteroatoms. The number of para-hydroxylation sites is 1. The Labute approximate surface area is 119 Å². The predicted octanol–water partition coefficient (Wildman–Crippen LogP) is 1.97. The van der Waals surface area contributed by atoms with Gasteiger partial charge >= 0.3 is 0 Å². The van der Waals surface area contributed by atoms with Gasteiger partial charge in [0.25, 0.3) is 0 Å². The summed E-state index contributed by atoms with van der Waals surface area (Å²) >= 11 is 0. The van der Waals surface area contributed by atoms with Crippen molar-refractivity contribution in [1.82, 2.24) is 0 Å². The Hall–Kier alpha value is -1.27. The van der Waals surface area contributed by atoms with E-state index in [1.807, 2.05) is 18.2 Å². The molecule has 0 aromatic heterocycles. The number of ether oxygens (including phenoxy) is 1. The number of anilines is 2. The van der Waals surface area contributed by atoms with E-state index in [1.54, 1.807) is 0 Å². The van der Waals surface area contributed by atoms with Crippen molar-refractivity contribution in [2.24, 2.45) is 0 Å². The van der Waals surface area contributed by atoms with Crippen molar-refractivity contribution < 1.29 is 13.2 Å². The van der Waals surface area contributed by atoms with Crippen LogP contribution in [0.15, 0.2) is 18.2 Å². The Bertz CT molecular complexity index is 580. The molecule has 3 rings (SSSR count). The second-order valence-electron chi connectivity index (χ2n) is 5.33. The second-order valence-corrected chi connectivity index (χ2v) is 7.29. The zero-order valence-corrected chi connectivity index (χ0v) is 12.2. The molecule has 20 heavy (non-hydrogen) atoms. The highest BCUT2D eigenvalue weighted by Gasteiger charge is 2.28. The fourth-order valence-corrected chi connectivity index (χ4v) is 4.27. The highest BCUT2D eigenvalue weighted by atomic mass is 32.2. The average molecular weight is 296 g/mol. The molecule has 0 unspecified atom stereocenters. The lowest BCUT2D eigenvalue weighted by Crippen LogP contribution is -2.33.